The van der Waals surface area contributed by atoms with Gasteiger partial charge >= 0.3 is 5.97 Å². The van der Waals surface area contributed by atoms with Gasteiger partial charge in [-0.2, -0.15) is 0 Å². The predicted octanol–water partition coefficient (Wildman–Crippen LogP) is 2.37. The van der Waals surface area contributed by atoms with E-state index < -0.39 is 0 Å². The maximum atomic E-state index is 11.6. The third-order valence-corrected chi connectivity index (χ3v) is 4.04. The molecular formula is C13H17NO2S. The summed E-state index contributed by atoms with van der Waals surface area (Å²) >= 11 is 1.77. The smallest absolute Gasteiger partial charge is 0.323 e. The number of rotatable bonds is 4. The van der Waals surface area contributed by atoms with Gasteiger partial charge in [-0.15, -0.1) is 11.8 Å². The van der Waals surface area contributed by atoms with Crippen LogP contribution in [-0.4, -0.2) is 36.4 Å². The second-order valence-electron chi connectivity index (χ2n) is 4.08. The molecule has 3 nitrogen and oxygen atoms in total. The van der Waals surface area contributed by atoms with Crippen molar-refractivity contribution in [3.05, 3.63) is 30.3 Å². The fourth-order valence-electron chi connectivity index (χ4n) is 2.06. The molecule has 1 aromatic rings. The summed E-state index contributed by atoms with van der Waals surface area (Å²) in [5.74, 6) is 0.750. The molecule has 1 saturated heterocycles. The van der Waals surface area contributed by atoms with Crippen molar-refractivity contribution in [2.75, 3.05) is 19.5 Å². The van der Waals surface area contributed by atoms with Crippen molar-refractivity contribution in [1.82, 2.24) is 4.90 Å². The normalized spacial score (nSPS) is 20.4. The van der Waals surface area contributed by atoms with Crippen LogP contribution in [0.5, 0.6) is 0 Å². The molecular weight excluding hydrogens is 234 g/mol. The van der Waals surface area contributed by atoms with Gasteiger partial charge < -0.3 is 4.74 Å². The fraction of sp³-hybridized carbons (Fsp3) is 0.462. The molecule has 1 aliphatic heterocycles. The predicted molar refractivity (Wildman–Crippen MR) is 68.9 cm³/mol. The average molecular weight is 251 g/mol. The molecule has 1 aliphatic rings. The molecule has 1 atom stereocenters. The zero-order valence-corrected chi connectivity index (χ0v) is 10.8. The minimum Gasteiger partial charge on any atom is -0.468 e. The molecule has 17 heavy (non-hydrogen) atoms. The van der Waals surface area contributed by atoms with E-state index in [2.05, 4.69) is 17.0 Å². The van der Waals surface area contributed by atoms with Gasteiger partial charge in [0.1, 0.15) is 6.04 Å². The Kier molecular flexibility index (Phi) is 4.45. The Morgan fingerprint density at radius 1 is 1.47 bits per heavy atom. The summed E-state index contributed by atoms with van der Waals surface area (Å²) in [5.41, 5.74) is 0. The summed E-state index contributed by atoms with van der Waals surface area (Å²) < 4.78 is 4.83. The molecule has 1 heterocycles. The molecule has 0 radical (unpaired) electrons. The molecule has 1 unspecified atom stereocenters. The zero-order chi connectivity index (χ0) is 12.1. The number of methoxy groups -OCH3 is 1. The summed E-state index contributed by atoms with van der Waals surface area (Å²) in [6.45, 7) is 0.986. The van der Waals surface area contributed by atoms with E-state index in [4.69, 9.17) is 4.74 Å². The van der Waals surface area contributed by atoms with Crippen LogP contribution in [0.2, 0.25) is 0 Å². The van der Waals surface area contributed by atoms with Crippen LogP contribution in [0, 0.1) is 0 Å². The summed E-state index contributed by atoms with van der Waals surface area (Å²) in [5, 5.41) is 0. The summed E-state index contributed by atoms with van der Waals surface area (Å²) in [4.78, 5) is 15.0. The highest BCUT2D eigenvalue weighted by Gasteiger charge is 2.31. The minimum atomic E-state index is -0.101. The quantitative estimate of drug-likeness (QED) is 0.607. The standard InChI is InChI=1S/C13H17NO2S/c1-16-13(15)12-8-5-9-14(12)10-17-11-6-3-2-4-7-11/h2-4,6-7,12H,5,8-10H2,1H3. The molecule has 0 aliphatic carbocycles. The Morgan fingerprint density at radius 2 is 2.24 bits per heavy atom. The topological polar surface area (TPSA) is 29.5 Å². The number of carbonyl (C=O) groups excluding carboxylic acids is 1. The van der Waals surface area contributed by atoms with Gasteiger partial charge in [0.05, 0.1) is 7.11 Å². The van der Waals surface area contributed by atoms with Crippen LogP contribution in [0.1, 0.15) is 12.8 Å². The molecule has 2 rings (SSSR count). The Labute approximate surface area is 106 Å². The molecule has 0 saturated carbocycles. The van der Waals surface area contributed by atoms with Crippen molar-refractivity contribution in [3.8, 4) is 0 Å². The first-order chi connectivity index (χ1) is 8.31. The van der Waals surface area contributed by atoms with Crippen LogP contribution < -0.4 is 0 Å². The highest BCUT2D eigenvalue weighted by Crippen LogP contribution is 2.24. The first-order valence-electron chi connectivity index (χ1n) is 5.81. The van der Waals surface area contributed by atoms with E-state index in [0.29, 0.717) is 0 Å². The maximum Gasteiger partial charge on any atom is 0.323 e. The van der Waals surface area contributed by atoms with E-state index >= 15 is 0 Å². The number of hydrogen-bond acceptors (Lipinski definition) is 4. The van der Waals surface area contributed by atoms with Gasteiger partial charge in [-0.3, -0.25) is 9.69 Å². The Hall–Kier alpha value is -1.00. The second-order valence-corrected chi connectivity index (χ2v) is 5.10. The lowest BCUT2D eigenvalue weighted by Gasteiger charge is -2.21. The molecule has 0 spiro atoms. The lowest BCUT2D eigenvalue weighted by Crippen LogP contribution is -2.36. The lowest BCUT2D eigenvalue weighted by molar-refractivity contribution is -0.145. The van der Waals surface area contributed by atoms with Gasteiger partial charge in [-0.25, -0.2) is 0 Å². The molecule has 0 bridgehead atoms. The Balaban J connectivity index is 1.88. The third kappa shape index (κ3) is 3.23. The van der Waals surface area contributed by atoms with Crippen molar-refractivity contribution in [2.24, 2.45) is 0 Å². The second kappa shape index (κ2) is 6.07. The summed E-state index contributed by atoms with van der Waals surface area (Å²) in [6, 6.07) is 10.2. The minimum absolute atomic E-state index is 0.0452. The van der Waals surface area contributed by atoms with Crippen LogP contribution in [0.3, 0.4) is 0 Å². The van der Waals surface area contributed by atoms with E-state index in [0.717, 1.165) is 25.3 Å². The van der Waals surface area contributed by atoms with Crippen LogP contribution in [0.15, 0.2) is 35.2 Å². The number of hydrogen-bond donors (Lipinski definition) is 0. The molecule has 1 fully saturated rings. The monoisotopic (exact) mass is 251 g/mol. The third-order valence-electron chi connectivity index (χ3n) is 2.98. The fourth-order valence-corrected chi connectivity index (χ4v) is 3.03. The van der Waals surface area contributed by atoms with E-state index in [1.807, 2.05) is 18.2 Å². The zero-order valence-electron chi connectivity index (χ0n) is 9.96. The number of carbonyl (C=O) groups is 1. The highest BCUT2D eigenvalue weighted by molar-refractivity contribution is 7.99. The number of ether oxygens (including phenoxy) is 1. The number of likely N-dealkylation sites (tertiary alicyclic amines) is 1. The average Bonchev–Trinajstić information content (AvgIpc) is 2.85. The lowest BCUT2D eigenvalue weighted by atomic mass is 10.2. The number of thioether (sulfide) groups is 1. The number of nitrogens with zero attached hydrogens (tertiary/aromatic N) is 1. The van der Waals surface area contributed by atoms with E-state index in [1.165, 1.54) is 12.0 Å². The molecule has 0 amide bonds. The molecule has 1 aromatic carbocycles. The Morgan fingerprint density at radius 3 is 2.94 bits per heavy atom. The molecule has 0 N–H and O–H groups in total. The first-order valence-corrected chi connectivity index (χ1v) is 6.79. The van der Waals surface area contributed by atoms with E-state index in [1.54, 1.807) is 11.8 Å². The SMILES string of the molecule is COC(=O)C1CCCN1CSc1ccccc1. The number of esters is 1. The summed E-state index contributed by atoms with van der Waals surface area (Å²) in [6.07, 6.45) is 2.00. The van der Waals surface area contributed by atoms with Crippen molar-refractivity contribution in [3.63, 3.8) is 0 Å². The van der Waals surface area contributed by atoms with Crippen LogP contribution >= 0.6 is 11.8 Å². The molecule has 0 aromatic heterocycles. The first kappa shape index (κ1) is 12.5. The van der Waals surface area contributed by atoms with E-state index in [9.17, 15) is 4.79 Å². The maximum absolute atomic E-state index is 11.6. The van der Waals surface area contributed by atoms with Gasteiger partial charge in [0.2, 0.25) is 0 Å². The van der Waals surface area contributed by atoms with Gasteiger partial charge in [0.15, 0.2) is 0 Å². The van der Waals surface area contributed by atoms with Crippen LogP contribution in [0.25, 0.3) is 0 Å². The van der Waals surface area contributed by atoms with Crippen LogP contribution in [-0.2, 0) is 9.53 Å². The van der Waals surface area contributed by atoms with Gasteiger partial charge in [-0.05, 0) is 31.5 Å². The van der Waals surface area contributed by atoms with Gasteiger partial charge in [0.25, 0.3) is 0 Å². The largest absolute Gasteiger partial charge is 0.468 e. The van der Waals surface area contributed by atoms with E-state index in [-0.39, 0.29) is 12.0 Å². The van der Waals surface area contributed by atoms with Crippen LogP contribution in [0.4, 0.5) is 0 Å². The van der Waals surface area contributed by atoms with Gasteiger partial charge in [-0.1, -0.05) is 18.2 Å². The van der Waals surface area contributed by atoms with Crippen molar-refractivity contribution in [1.29, 1.82) is 0 Å². The Bertz CT molecular complexity index is 369. The van der Waals surface area contributed by atoms with Gasteiger partial charge in [0, 0.05) is 10.8 Å². The highest BCUT2D eigenvalue weighted by atomic mass is 32.2. The molecule has 92 valence electrons. The van der Waals surface area contributed by atoms with Crippen molar-refractivity contribution in [2.45, 2.75) is 23.8 Å². The summed E-state index contributed by atoms with van der Waals surface area (Å²) in [7, 11) is 1.46. The van der Waals surface area contributed by atoms with Crippen molar-refractivity contribution < 1.29 is 9.53 Å². The molecule has 4 heteroatoms. The van der Waals surface area contributed by atoms with Crippen molar-refractivity contribution >= 4 is 17.7 Å². The number of benzene rings is 1.